The average molecular weight is 313 g/mol. The van der Waals surface area contributed by atoms with Gasteiger partial charge < -0.3 is 15.5 Å². The number of hydrogen-bond donors (Lipinski definition) is 3. The molecule has 0 saturated heterocycles. The minimum Gasteiger partial charge on any atom is -0.506 e. The Hall–Kier alpha value is -2.72. The molecule has 0 bridgehead atoms. The van der Waals surface area contributed by atoms with Crippen LogP contribution in [0.25, 0.3) is 10.8 Å². The molecule has 0 aliphatic carbocycles. The maximum Gasteiger partial charge on any atom is 0.141 e. The number of nitrogens with one attached hydrogen (secondary N) is 1. The van der Waals surface area contributed by atoms with E-state index in [9.17, 15) is 10.2 Å². The van der Waals surface area contributed by atoms with Gasteiger partial charge in [0.05, 0.1) is 12.0 Å². The first-order valence-electron chi connectivity index (χ1n) is 6.63. The molecule has 22 heavy (non-hydrogen) atoms. The number of halogens is 1. The molecule has 110 valence electrons. The van der Waals surface area contributed by atoms with Crippen LogP contribution in [0.15, 0.2) is 59.6 Å². The molecule has 3 rings (SSSR count). The van der Waals surface area contributed by atoms with Crippen LogP contribution in [0.2, 0.25) is 5.02 Å². The van der Waals surface area contributed by atoms with Gasteiger partial charge in [0.15, 0.2) is 0 Å². The normalized spacial score (nSPS) is 11.1. The van der Waals surface area contributed by atoms with Gasteiger partial charge in [0.2, 0.25) is 0 Å². The number of aromatic hydroxyl groups is 2. The summed E-state index contributed by atoms with van der Waals surface area (Å²) in [5.41, 5.74) is 0.906. The van der Waals surface area contributed by atoms with Crippen LogP contribution < -0.4 is 5.32 Å². The van der Waals surface area contributed by atoms with Gasteiger partial charge in [-0.05, 0) is 29.7 Å². The van der Waals surface area contributed by atoms with E-state index < -0.39 is 0 Å². The summed E-state index contributed by atoms with van der Waals surface area (Å²) in [7, 11) is 0. The fourth-order valence-corrected chi connectivity index (χ4v) is 2.34. The van der Waals surface area contributed by atoms with Crippen LogP contribution >= 0.6 is 11.6 Å². The fourth-order valence-electron chi connectivity index (χ4n) is 2.17. The van der Waals surface area contributed by atoms with Gasteiger partial charge in [-0.1, -0.05) is 41.9 Å². The Labute approximate surface area is 132 Å². The Bertz CT molecular complexity index is 862. The first-order valence-corrected chi connectivity index (χ1v) is 7.01. The highest BCUT2D eigenvalue weighted by Gasteiger charge is 2.05. The highest BCUT2D eigenvalue weighted by atomic mass is 35.5. The molecule has 5 heteroatoms. The number of benzene rings is 3. The fraction of sp³-hybridized carbons (Fsp3) is 0. The number of rotatable bonds is 3. The lowest BCUT2D eigenvalue weighted by Crippen LogP contribution is -1.94. The van der Waals surface area contributed by atoms with Crippen LogP contribution in [-0.4, -0.2) is 16.6 Å². The van der Waals surface area contributed by atoms with Crippen molar-refractivity contribution in [1.82, 2.24) is 0 Å². The van der Waals surface area contributed by atoms with Gasteiger partial charge >= 0.3 is 0 Å². The molecule has 3 N–H and O–H groups in total. The van der Waals surface area contributed by atoms with Crippen molar-refractivity contribution in [3.63, 3.8) is 0 Å². The molecule has 0 saturated carbocycles. The highest BCUT2D eigenvalue weighted by molar-refractivity contribution is 6.31. The maximum absolute atomic E-state index is 9.99. The molecule has 0 radical (unpaired) electrons. The van der Waals surface area contributed by atoms with Crippen molar-refractivity contribution in [3.8, 4) is 11.5 Å². The van der Waals surface area contributed by atoms with E-state index in [0.717, 1.165) is 10.8 Å². The lowest BCUT2D eigenvalue weighted by atomic mass is 10.1. The van der Waals surface area contributed by atoms with Gasteiger partial charge in [-0.2, -0.15) is 0 Å². The van der Waals surface area contributed by atoms with Crippen molar-refractivity contribution in [2.75, 3.05) is 5.32 Å². The van der Waals surface area contributed by atoms with Crippen molar-refractivity contribution in [1.29, 1.82) is 0 Å². The third-order valence-corrected chi connectivity index (χ3v) is 3.49. The molecule has 3 aromatic carbocycles. The number of fused-ring (bicyclic) bond motifs is 1. The Morgan fingerprint density at radius 1 is 0.955 bits per heavy atom. The molecular weight excluding hydrogens is 300 g/mol. The van der Waals surface area contributed by atoms with Crippen LogP contribution in [0, 0.1) is 0 Å². The Balaban J connectivity index is 1.93. The van der Waals surface area contributed by atoms with Crippen molar-refractivity contribution < 1.29 is 10.2 Å². The summed E-state index contributed by atoms with van der Waals surface area (Å²) >= 11 is 5.88. The predicted molar refractivity (Wildman–Crippen MR) is 90.5 cm³/mol. The van der Waals surface area contributed by atoms with Crippen LogP contribution in [0.1, 0.15) is 0 Å². The van der Waals surface area contributed by atoms with Gasteiger partial charge in [-0.3, -0.25) is 0 Å². The lowest BCUT2D eigenvalue weighted by Gasteiger charge is -2.06. The van der Waals surface area contributed by atoms with Gasteiger partial charge in [0.1, 0.15) is 17.2 Å². The molecular formula is C17H13ClN2O2. The van der Waals surface area contributed by atoms with Gasteiger partial charge in [0, 0.05) is 10.4 Å². The molecule has 0 unspecified atom stereocenters. The van der Waals surface area contributed by atoms with Crippen molar-refractivity contribution in [2.45, 2.75) is 0 Å². The van der Waals surface area contributed by atoms with Crippen molar-refractivity contribution >= 4 is 40.1 Å². The Kier molecular flexibility index (Phi) is 3.85. The molecule has 0 heterocycles. The number of phenolic OH excluding ortho intramolecular Hbond substituents is 2. The zero-order valence-electron chi connectivity index (χ0n) is 11.5. The monoisotopic (exact) mass is 312 g/mol. The van der Waals surface area contributed by atoms with E-state index in [1.165, 1.54) is 12.4 Å². The first-order chi connectivity index (χ1) is 10.6. The SMILES string of the molecule is Oc1ccc(Cl)cc1NC=Nc1c(O)ccc2ccccc12. The molecule has 0 amide bonds. The maximum atomic E-state index is 9.99. The predicted octanol–water partition coefficient (Wildman–Crippen LogP) is 4.68. The second-order valence-corrected chi connectivity index (χ2v) is 5.15. The quantitative estimate of drug-likeness (QED) is 0.374. The number of phenols is 2. The van der Waals surface area contributed by atoms with E-state index in [2.05, 4.69) is 10.3 Å². The third-order valence-electron chi connectivity index (χ3n) is 3.25. The summed E-state index contributed by atoms with van der Waals surface area (Å²) in [6.45, 7) is 0. The third kappa shape index (κ3) is 2.82. The molecule has 0 spiro atoms. The number of hydrogen-bond acceptors (Lipinski definition) is 3. The number of aliphatic imine (C=N–C) groups is 1. The molecule has 0 fully saturated rings. The van der Waals surface area contributed by atoms with E-state index in [0.29, 0.717) is 16.4 Å². The topological polar surface area (TPSA) is 64.8 Å². The first kappa shape index (κ1) is 14.2. The van der Waals surface area contributed by atoms with Crippen molar-refractivity contribution in [3.05, 3.63) is 59.6 Å². The summed E-state index contributed by atoms with van der Waals surface area (Å²) in [6, 6.07) is 15.8. The largest absolute Gasteiger partial charge is 0.506 e. The van der Waals surface area contributed by atoms with E-state index in [1.54, 1.807) is 18.2 Å². The molecule has 0 aliphatic heterocycles. The van der Waals surface area contributed by atoms with Crippen LogP contribution in [-0.2, 0) is 0 Å². The summed E-state index contributed by atoms with van der Waals surface area (Å²) in [5, 5.41) is 24.9. The van der Waals surface area contributed by atoms with E-state index in [-0.39, 0.29) is 11.5 Å². The van der Waals surface area contributed by atoms with E-state index in [4.69, 9.17) is 11.6 Å². The summed E-state index contributed by atoms with van der Waals surface area (Å²) in [6.07, 6.45) is 1.41. The minimum absolute atomic E-state index is 0.0676. The summed E-state index contributed by atoms with van der Waals surface area (Å²) in [4.78, 5) is 4.26. The average Bonchev–Trinajstić information content (AvgIpc) is 2.53. The van der Waals surface area contributed by atoms with Crippen LogP contribution in [0.5, 0.6) is 11.5 Å². The zero-order chi connectivity index (χ0) is 15.5. The molecule has 0 aromatic heterocycles. The summed E-state index contributed by atoms with van der Waals surface area (Å²) in [5.74, 6) is 0.157. The smallest absolute Gasteiger partial charge is 0.141 e. The zero-order valence-corrected chi connectivity index (χ0v) is 12.2. The lowest BCUT2D eigenvalue weighted by molar-refractivity contribution is 0.477. The molecule has 0 aliphatic rings. The van der Waals surface area contributed by atoms with E-state index in [1.807, 2.05) is 30.3 Å². The number of anilines is 1. The van der Waals surface area contributed by atoms with Gasteiger partial charge in [0.25, 0.3) is 0 Å². The van der Waals surface area contributed by atoms with Gasteiger partial charge in [-0.15, -0.1) is 0 Å². The number of nitrogens with zero attached hydrogens (tertiary/aromatic N) is 1. The van der Waals surface area contributed by atoms with Crippen LogP contribution in [0.3, 0.4) is 0 Å². The Morgan fingerprint density at radius 2 is 1.73 bits per heavy atom. The highest BCUT2D eigenvalue weighted by Crippen LogP contribution is 2.34. The molecule has 0 atom stereocenters. The second-order valence-electron chi connectivity index (χ2n) is 4.72. The molecule has 3 aromatic rings. The van der Waals surface area contributed by atoms with Crippen molar-refractivity contribution in [2.24, 2.45) is 4.99 Å². The van der Waals surface area contributed by atoms with Crippen LogP contribution in [0.4, 0.5) is 11.4 Å². The van der Waals surface area contributed by atoms with E-state index >= 15 is 0 Å². The second kappa shape index (κ2) is 5.95. The Morgan fingerprint density at radius 3 is 2.59 bits per heavy atom. The summed E-state index contributed by atoms with van der Waals surface area (Å²) < 4.78 is 0. The van der Waals surface area contributed by atoms with Gasteiger partial charge in [-0.25, -0.2) is 4.99 Å². The minimum atomic E-state index is 0.0676. The molecule has 4 nitrogen and oxygen atoms in total. The standard InChI is InChI=1S/C17H13ClN2O2/c18-12-6-8-15(21)14(9-12)19-10-20-17-13-4-2-1-3-11(13)5-7-16(17)22/h1-10,21-22H,(H,19,20).